The Kier molecular flexibility index (Phi) is 3.64. The zero-order chi connectivity index (χ0) is 13.4. The second kappa shape index (κ2) is 5.26. The summed E-state index contributed by atoms with van der Waals surface area (Å²) in [6.45, 7) is 5.58. The minimum Gasteiger partial charge on any atom is -0.317 e. The Hall–Kier alpha value is -0.860. The summed E-state index contributed by atoms with van der Waals surface area (Å²) in [5, 5.41) is 3.48. The van der Waals surface area contributed by atoms with Crippen LogP contribution in [-0.2, 0) is 6.54 Å². The van der Waals surface area contributed by atoms with Crippen molar-refractivity contribution in [1.82, 2.24) is 10.2 Å². The van der Waals surface area contributed by atoms with Crippen molar-refractivity contribution in [2.24, 2.45) is 0 Å². The lowest BCUT2D eigenvalue weighted by molar-refractivity contribution is 0.111. The van der Waals surface area contributed by atoms with Crippen molar-refractivity contribution in [2.45, 2.75) is 64.2 Å². The molecule has 2 unspecified atom stereocenters. The molecule has 1 N–H and O–H groups in total. The van der Waals surface area contributed by atoms with Crippen LogP contribution in [0.2, 0.25) is 0 Å². The molecule has 2 atom stereocenters. The molecule has 2 heterocycles. The van der Waals surface area contributed by atoms with Gasteiger partial charge in [0.15, 0.2) is 0 Å². The van der Waals surface area contributed by atoms with E-state index < -0.39 is 0 Å². The minimum atomic E-state index is 0.743. The van der Waals surface area contributed by atoms with Gasteiger partial charge in [0.1, 0.15) is 0 Å². The molecule has 0 aromatic heterocycles. The van der Waals surface area contributed by atoms with Crippen LogP contribution < -0.4 is 5.32 Å². The zero-order valence-electron chi connectivity index (χ0n) is 12.4. The van der Waals surface area contributed by atoms with E-state index in [0.717, 1.165) is 24.7 Å². The summed E-state index contributed by atoms with van der Waals surface area (Å²) in [5.74, 6) is 0. The Morgan fingerprint density at radius 3 is 2.42 bits per heavy atom. The number of aryl methyl sites for hydroxylation is 2. The maximum Gasteiger partial charge on any atom is 0.0242 e. The van der Waals surface area contributed by atoms with Gasteiger partial charge >= 0.3 is 0 Å². The molecule has 2 nitrogen and oxygen atoms in total. The SMILES string of the molecule is CNC1CC2CCC(C1)N2Cc1ccc(C)cc1C. The summed E-state index contributed by atoms with van der Waals surface area (Å²) in [7, 11) is 2.11. The van der Waals surface area contributed by atoms with Crippen LogP contribution in [0.15, 0.2) is 18.2 Å². The molecule has 2 fully saturated rings. The first-order valence-corrected chi connectivity index (χ1v) is 7.66. The van der Waals surface area contributed by atoms with Crippen molar-refractivity contribution in [3.05, 3.63) is 34.9 Å². The van der Waals surface area contributed by atoms with Gasteiger partial charge in [0.05, 0.1) is 0 Å². The van der Waals surface area contributed by atoms with Gasteiger partial charge in [-0.05, 0) is 57.7 Å². The highest BCUT2D eigenvalue weighted by Crippen LogP contribution is 2.37. The van der Waals surface area contributed by atoms with Crippen molar-refractivity contribution >= 4 is 0 Å². The molecule has 0 radical (unpaired) electrons. The molecule has 104 valence electrons. The second-order valence-corrected chi connectivity index (χ2v) is 6.44. The van der Waals surface area contributed by atoms with Gasteiger partial charge in [0.25, 0.3) is 0 Å². The molecule has 1 aromatic rings. The molecular weight excluding hydrogens is 232 g/mol. The fourth-order valence-corrected chi connectivity index (χ4v) is 3.99. The summed E-state index contributed by atoms with van der Waals surface area (Å²) in [5.41, 5.74) is 4.35. The third-order valence-electron chi connectivity index (χ3n) is 5.14. The quantitative estimate of drug-likeness (QED) is 0.896. The smallest absolute Gasteiger partial charge is 0.0242 e. The van der Waals surface area contributed by atoms with E-state index in [1.54, 1.807) is 0 Å². The van der Waals surface area contributed by atoms with E-state index >= 15 is 0 Å². The van der Waals surface area contributed by atoms with Gasteiger partial charge in [-0.25, -0.2) is 0 Å². The number of benzene rings is 1. The van der Waals surface area contributed by atoms with Crippen LogP contribution >= 0.6 is 0 Å². The number of rotatable bonds is 3. The van der Waals surface area contributed by atoms with Crippen LogP contribution in [-0.4, -0.2) is 30.1 Å². The molecule has 0 spiro atoms. The van der Waals surface area contributed by atoms with E-state index in [4.69, 9.17) is 0 Å². The molecule has 2 aliphatic heterocycles. The van der Waals surface area contributed by atoms with Gasteiger partial charge in [-0.1, -0.05) is 23.8 Å². The Bertz CT molecular complexity index is 441. The Morgan fingerprint density at radius 1 is 1.16 bits per heavy atom. The largest absolute Gasteiger partial charge is 0.317 e. The van der Waals surface area contributed by atoms with E-state index in [2.05, 4.69) is 49.3 Å². The second-order valence-electron chi connectivity index (χ2n) is 6.44. The first-order chi connectivity index (χ1) is 9.17. The van der Waals surface area contributed by atoms with Gasteiger partial charge in [-0.3, -0.25) is 4.90 Å². The number of nitrogens with zero attached hydrogens (tertiary/aromatic N) is 1. The van der Waals surface area contributed by atoms with Gasteiger partial charge in [0.2, 0.25) is 0 Å². The van der Waals surface area contributed by atoms with E-state index in [1.807, 2.05) is 0 Å². The standard InChI is InChI=1S/C17H26N2/c1-12-4-5-14(13(2)8-12)11-19-16-6-7-17(19)10-15(9-16)18-3/h4-5,8,15-18H,6-7,9-11H2,1-3H3. The molecule has 2 saturated heterocycles. The van der Waals surface area contributed by atoms with Gasteiger partial charge in [0, 0.05) is 24.7 Å². The van der Waals surface area contributed by atoms with E-state index in [1.165, 1.54) is 42.4 Å². The molecule has 2 heteroatoms. The van der Waals surface area contributed by atoms with Crippen LogP contribution in [0, 0.1) is 13.8 Å². The number of piperidine rings is 1. The van der Waals surface area contributed by atoms with Crippen molar-refractivity contribution in [3.8, 4) is 0 Å². The van der Waals surface area contributed by atoms with Crippen molar-refractivity contribution in [1.29, 1.82) is 0 Å². The average Bonchev–Trinajstić information content (AvgIpc) is 2.62. The third-order valence-corrected chi connectivity index (χ3v) is 5.14. The minimum absolute atomic E-state index is 0.743. The fraction of sp³-hybridized carbons (Fsp3) is 0.647. The molecule has 0 saturated carbocycles. The lowest BCUT2D eigenvalue weighted by atomic mass is 9.96. The van der Waals surface area contributed by atoms with Crippen LogP contribution in [0.5, 0.6) is 0 Å². The van der Waals surface area contributed by atoms with Crippen molar-refractivity contribution in [3.63, 3.8) is 0 Å². The number of hydrogen-bond donors (Lipinski definition) is 1. The normalized spacial score (nSPS) is 30.8. The molecule has 19 heavy (non-hydrogen) atoms. The van der Waals surface area contributed by atoms with Crippen LogP contribution in [0.3, 0.4) is 0 Å². The average molecular weight is 258 g/mol. The maximum absolute atomic E-state index is 3.48. The van der Waals surface area contributed by atoms with E-state index in [0.29, 0.717) is 0 Å². The van der Waals surface area contributed by atoms with Gasteiger partial charge < -0.3 is 5.32 Å². The van der Waals surface area contributed by atoms with Crippen molar-refractivity contribution in [2.75, 3.05) is 7.05 Å². The highest BCUT2D eigenvalue weighted by molar-refractivity contribution is 5.30. The zero-order valence-corrected chi connectivity index (χ0v) is 12.4. The van der Waals surface area contributed by atoms with Crippen molar-refractivity contribution < 1.29 is 0 Å². The molecular formula is C17H26N2. The van der Waals surface area contributed by atoms with E-state index in [9.17, 15) is 0 Å². The highest BCUT2D eigenvalue weighted by Gasteiger charge is 2.39. The lowest BCUT2D eigenvalue weighted by Crippen LogP contribution is -2.47. The molecule has 1 aromatic carbocycles. The number of hydrogen-bond acceptors (Lipinski definition) is 2. The maximum atomic E-state index is 3.48. The third kappa shape index (κ3) is 2.56. The fourth-order valence-electron chi connectivity index (χ4n) is 3.99. The molecule has 0 aliphatic carbocycles. The summed E-state index contributed by atoms with van der Waals surface area (Å²) < 4.78 is 0. The predicted molar refractivity (Wildman–Crippen MR) is 80.4 cm³/mol. The highest BCUT2D eigenvalue weighted by atomic mass is 15.2. The van der Waals surface area contributed by atoms with Crippen LogP contribution in [0.1, 0.15) is 42.4 Å². The first-order valence-electron chi connectivity index (χ1n) is 7.66. The number of fused-ring (bicyclic) bond motifs is 2. The molecule has 2 aliphatic rings. The summed E-state index contributed by atoms with van der Waals surface area (Å²) in [6, 6.07) is 9.25. The predicted octanol–water partition coefficient (Wildman–Crippen LogP) is 3.02. The topological polar surface area (TPSA) is 15.3 Å². The Labute approximate surface area is 117 Å². The first kappa shape index (κ1) is 13.1. The van der Waals surface area contributed by atoms with Crippen LogP contribution in [0.4, 0.5) is 0 Å². The van der Waals surface area contributed by atoms with Crippen LogP contribution in [0.25, 0.3) is 0 Å². The molecule has 2 bridgehead atoms. The van der Waals surface area contributed by atoms with Gasteiger partial charge in [-0.2, -0.15) is 0 Å². The summed E-state index contributed by atoms with van der Waals surface area (Å²) in [4.78, 5) is 2.77. The van der Waals surface area contributed by atoms with E-state index in [-0.39, 0.29) is 0 Å². The Morgan fingerprint density at radius 2 is 1.84 bits per heavy atom. The lowest BCUT2D eigenvalue weighted by Gasteiger charge is -2.39. The summed E-state index contributed by atoms with van der Waals surface area (Å²) in [6.07, 6.45) is 5.46. The molecule has 0 amide bonds. The van der Waals surface area contributed by atoms with Gasteiger partial charge in [-0.15, -0.1) is 0 Å². The monoisotopic (exact) mass is 258 g/mol. The summed E-state index contributed by atoms with van der Waals surface area (Å²) >= 11 is 0. The number of nitrogens with one attached hydrogen (secondary N) is 1. The molecule has 3 rings (SSSR count). The Balaban J connectivity index is 1.74.